The largest absolute Gasteiger partial charge is 0.462 e. The number of carbonyl (C=O) groups excluding carboxylic acids is 2. The summed E-state index contributed by atoms with van der Waals surface area (Å²) in [7, 11) is 0. The Balaban J connectivity index is 4.64. The zero-order chi connectivity index (χ0) is 43.8. The Bertz CT molecular complexity index is 993. The number of unbranched alkanes of at least 4 members (excludes halogenated alkanes) is 29. The molecule has 0 aromatic rings. The summed E-state index contributed by atoms with van der Waals surface area (Å²) in [6, 6.07) is -0.710. The molecule has 0 aliphatic carbocycles. The quantitative estimate of drug-likeness (QED) is 0.0322. The molecule has 0 saturated heterocycles. The van der Waals surface area contributed by atoms with Crippen LogP contribution in [0.15, 0.2) is 36.5 Å². The molecule has 0 heterocycles. The predicted molar refractivity (Wildman–Crippen MR) is 259 cm³/mol. The molecule has 0 spiro atoms. The number of aliphatic hydroxyl groups excluding tert-OH is 2. The van der Waals surface area contributed by atoms with Gasteiger partial charge in [-0.05, 0) is 70.6 Å². The summed E-state index contributed by atoms with van der Waals surface area (Å²) in [5, 5.41) is 23.7. The Labute approximate surface area is 373 Å². The summed E-state index contributed by atoms with van der Waals surface area (Å²) < 4.78 is 5.90. The lowest BCUT2D eigenvalue weighted by atomic mass is 10.0. The average Bonchev–Trinajstić information content (AvgIpc) is 3.24. The SMILES string of the molecule is CCCCCCCC/C=C\C/C=C/CCC(=O)OC(CCCCCCCCC/C=C/CCCCCCCC)CC(=O)NC(CO)C(O)CCCCCCCCCCCCC. The van der Waals surface area contributed by atoms with Crippen LogP contribution in [-0.4, -0.2) is 46.9 Å². The van der Waals surface area contributed by atoms with Crippen molar-refractivity contribution in [3.8, 4) is 0 Å². The summed E-state index contributed by atoms with van der Waals surface area (Å²) in [6.45, 7) is 6.46. The van der Waals surface area contributed by atoms with Crippen LogP contribution in [0.4, 0.5) is 0 Å². The van der Waals surface area contributed by atoms with Gasteiger partial charge in [-0.15, -0.1) is 0 Å². The molecule has 6 nitrogen and oxygen atoms in total. The molecule has 60 heavy (non-hydrogen) atoms. The molecule has 3 N–H and O–H groups in total. The van der Waals surface area contributed by atoms with Gasteiger partial charge in [0.15, 0.2) is 0 Å². The van der Waals surface area contributed by atoms with E-state index in [1.54, 1.807) is 0 Å². The van der Waals surface area contributed by atoms with E-state index in [0.717, 1.165) is 51.4 Å². The van der Waals surface area contributed by atoms with Crippen LogP contribution >= 0.6 is 0 Å². The van der Waals surface area contributed by atoms with Crippen molar-refractivity contribution in [2.24, 2.45) is 0 Å². The van der Waals surface area contributed by atoms with Gasteiger partial charge >= 0.3 is 5.97 Å². The van der Waals surface area contributed by atoms with Crippen LogP contribution in [0.5, 0.6) is 0 Å². The molecule has 0 radical (unpaired) electrons. The van der Waals surface area contributed by atoms with E-state index in [0.29, 0.717) is 25.7 Å². The summed E-state index contributed by atoms with van der Waals surface area (Å²) in [5.41, 5.74) is 0. The summed E-state index contributed by atoms with van der Waals surface area (Å²) in [5.74, 6) is -0.550. The van der Waals surface area contributed by atoms with Crippen LogP contribution in [0.3, 0.4) is 0 Å². The van der Waals surface area contributed by atoms with E-state index in [4.69, 9.17) is 4.74 Å². The van der Waals surface area contributed by atoms with Crippen molar-refractivity contribution in [1.82, 2.24) is 5.32 Å². The molecule has 0 aromatic carbocycles. The Morgan fingerprint density at radius 1 is 0.483 bits per heavy atom. The molecule has 0 saturated carbocycles. The molecule has 0 aliphatic heterocycles. The number of ether oxygens (including phenoxy) is 1. The zero-order valence-electron chi connectivity index (χ0n) is 40.1. The minimum Gasteiger partial charge on any atom is -0.462 e. The first-order valence-corrected chi connectivity index (χ1v) is 26.2. The molecule has 3 unspecified atom stereocenters. The minimum absolute atomic E-state index is 0.0546. The lowest BCUT2D eigenvalue weighted by Gasteiger charge is -2.24. The molecule has 0 aliphatic rings. The van der Waals surface area contributed by atoms with Gasteiger partial charge < -0.3 is 20.3 Å². The first kappa shape index (κ1) is 58.1. The fraction of sp³-hybridized carbons (Fsp3) is 0.852. The second kappa shape index (κ2) is 48.1. The standard InChI is InChI=1S/C54H101NO5/c1-4-7-10-13-16-19-22-24-25-26-27-29-31-33-36-39-42-45-50(60-54(59)47-44-41-38-35-32-28-23-20-17-14-11-8-5-2)48-53(58)55-51(49-56)52(57)46-43-40-37-34-30-21-18-15-12-9-6-3/h24-25,28,32,38,41,50-52,56-57H,4-23,26-27,29-31,33-37,39-40,42-49H2,1-3H3,(H,55,58)/b25-24+,32-28-,41-38+. The third kappa shape index (κ3) is 42.8. The third-order valence-electron chi connectivity index (χ3n) is 12.0. The van der Waals surface area contributed by atoms with Crippen LogP contribution in [0.2, 0.25) is 0 Å². The number of amides is 1. The Kier molecular flexibility index (Phi) is 46.6. The highest BCUT2D eigenvalue weighted by atomic mass is 16.5. The number of nitrogens with one attached hydrogen (secondary N) is 1. The van der Waals surface area contributed by atoms with Crippen molar-refractivity contribution in [3.63, 3.8) is 0 Å². The molecule has 0 rings (SSSR count). The van der Waals surface area contributed by atoms with E-state index in [1.807, 2.05) is 6.08 Å². The maximum atomic E-state index is 13.2. The summed E-state index contributed by atoms with van der Waals surface area (Å²) in [4.78, 5) is 26.1. The molecule has 352 valence electrons. The highest BCUT2D eigenvalue weighted by Gasteiger charge is 2.24. The number of hydrogen-bond acceptors (Lipinski definition) is 5. The molecular weight excluding hydrogens is 743 g/mol. The van der Waals surface area contributed by atoms with E-state index in [1.165, 1.54) is 167 Å². The predicted octanol–water partition coefficient (Wildman–Crippen LogP) is 15.7. The van der Waals surface area contributed by atoms with Gasteiger partial charge in [0, 0.05) is 6.42 Å². The molecule has 3 atom stereocenters. The van der Waals surface area contributed by atoms with Crippen molar-refractivity contribution in [3.05, 3.63) is 36.5 Å². The second-order valence-corrected chi connectivity index (χ2v) is 17.9. The lowest BCUT2D eigenvalue weighted by molar-refractivity contribution is -0.150. The number of hydrogen-bond donors (Lipinski definition) is 3. The van der Waals surface area contributed by atoms with Crippen molar-refractivity contribution in [1.29, 1.82) is 0 Å². The Hall–Kier alpha value is -1.92. The number of allylic oxidation sites excluding steroid dienone is 6. The summed E-state index contributed by atoms with van der Waals surface area (Å²) in [6.07, 6.45) is 56.4. The molecule has 0 bridgehead atoms. The van der Waals surface area contributed by atoms with Crippen molar-refractivity contribution in [2.45, 2.75) is 289 Å². The van der Waals surface area contributed by atoms with E-state index in [-0.39, 0.29) is 24.9 Å². The van der Waals surface area contributed by atoms with Gasteiger partial charge in [-0.25, -0.2) is 0 Å². The van der Waals surface area contributed by atoms with Gasteiger partial charge in [-0.1, -0.05) is 224 Å². The molecular formula is C54H101NO5. The van der Waals surface area contributed by atoms with Gasteiger partial charge in [0.05, 0.1) is 25.2 Å². The van der Waals surface area contributed by atoms with Crippen molar-refractivity contribution < 1.29 is 24.5 Å². The fourth-order valence-corrected chi connectivity index (χ4v) is 7.95. The number of rotatable bonds is 47. The molecule has 6 heteroatoms. The van der Waals surface area contributed by atoms with E-state index in [9.17, 15) is 19.8 Å². The average molecular weight is 844 g/mol. The van der Waals surface area contributed by atoms with Gasteiger partial charge in [-0.3, -0.25) is 9.59 Å². The van der Waals surface area contributed by atoms with Gasteiger partial charge in [0.25, 0.3) is 0 Å². The van der Waals surface area contributed by atoms with Crippen molar-refractivity contribution >= 4 is 11.9 Å². The Morgan fingerprint density at radius 3 is 1.28 bits per heavy atom. The van der Waals surface area contributed by atoms with Crippen LogP contribution in [-0.2, 0) is 14.3 Å². The van der Waals surface area contributed by atoms with Gasteiger partial charge in [0.1, 0.15) is 6.10 Å². The first-order valence-electron chi connectivity index (χ1n) is 26.2. The normalized spacial score (nSPS) is 13.5. The lowest BCUT2D eigenvalue weighted by Crippen LogP contribution is -2.46. The van der Waals surface area contributed by atoms with Gasteiger partial charge in [0.2, 0.25) is 5.91 Å². The van der Waals surface area contributed by atoms with E-state index < -0.39 is 18.2 Å². The second-order valence-electron chi connectivity index (χ2n) is 17.9. The number of aliphatic hydroxyl groups is 2. The van der Waals surface area contributed by atoms with E-state index >= 15 is 0 Å². The fourth-order valence-electron chi connectivity index (χ4n) is 7.95. The Morgan fingerprint density at radius 2 is 0.850 bits per heavy atom. The van der Waals surface area contributed by atoms with Crippen LogP contribution in [0.1, 0.15) is 271 Å². The maximum Gasteiger partial charge on any atom is 0.306 e. The van der Waals surface area contributed by atoms with Gasteiger partial charge in [-0.2, -0.15) is 0 Å². The zero-order valence-corrected chi connectivity index (χ0v) is 40.1. The van der Waals surface area contributed by atoms with Crippen LogP contribution in [0.25, 0.3) is 0 Å². The topological polar surface area (TPSA) is 95.9 Å². The number of carbonyl (C=O) groups is 2. The number of esters is 1. The highest BCUT2D eigenvalue weighted by Crippen LogP contribution is 2.17. The van der Waals surface area contributed by atoms with Crippen LogP contribution in [0, 0.1) is 0 Å². The van der Waals surface area contributed by atoms with E-state index in [2.05, 4.69) is 56.5 Å². The monoisotopic (exact) mass is 844 g/mol. The van der Waals surface area contributed by atoms with Crippen LogP contribution < -0.4 is 5.32 Å². The summed E-state index contributed by atoms with van der Waals surface area (Å²) >= 11 is 0. The molecule has 0 aromatic heterocycles. The first-order chi connectivity index (χ1) is 29.5. The molecule has 0 fully saturated rings. The maximum absolute atomic E-state index is 13.2. The van der Waals surface area contributed by atoms with Crippen molar-refractivity contribution in [2.75, 3.05) is 6.61 Å². The highest BCUT2D eigenvalue weighted by molar-refractivity contribution is 5.77. The minimum atomic E-state index is -0.795. The smallest absolute Gasteiger partial charge is 0.306 e. The third-order valence-corrected chi connectivity index (χ3v) is 12.0. The molecule has 1 amide bonds.